The number of carbonyl (C=O) groups excluding carboxylic acids is 1. The monoisotopic (exact) mass is 244 g/mol. The zero-order valence-corrected chi connectivity index (χ0v) is 11.1. The Morgan fingerprint density at radius 2 is 2.24 bits per heavy atom. The van der Waals surface area contributed by atoms with E-state index in [9.17, 15) is 4.79 Å². The molecule has 1 fully saturated rings. The van der Waals surface area contributed by atoms with Crippen LogP contribution in [0.1, 0.15) is 13.3 Å². The van der Waals surface area contributed by atoms with E-state index in [1.54, 1.807) is 7.11 Å². The number of amides is 1. The van der Waals surface area contributed by atoms with E-state index in [1.165, 1.54) is 0 Å². The number of carbonyl (C=O) groups is 1. The van der Waals surface area contributed by atoms with Gasteiger partial charge < -0.3 is 19.7 Å². The molecule has 0 bridgehead atoms. The number of methoxy groups -OCH3 is 1. The molecular formula is C12H24N2O3. The van der Waals surface area contributed by atoms with Gasteiger partial charge in [0.15, 0.2) is 0 Å². The summed E-state index contributed by atoms with van der Waals surface area (Å²) >= 11 is 0. The number of rotatable bonds is 6. The Morgan fingerprint density at radius 1 is 1.47 bits per heavy atom. The molecule has 0 spiro atoms. The molecule has 0 radical (unpaired) electrons. The summed E-state index contributed by atoms with van der Waals surface area (Å²) in [5, 5.41) is 3.03. The number of hydrogen-bond donors (Lipinski definition) is 1. The van der Waals surface area contributed by atoms with E-state index < -0.39 is 0 Å². The van der Waals surface area contributed by atoms with Gasteiger partial charge in [0.05, 0.1) is 13.2 Å². The Morgan fingerprint density at radius 3 is 2.88 bits per heavy atom. The minimum absolute atomic E-state index is 0.0255. The van der Waals surface area contributed by atoms with Gasteiger partial charge in [0.2, 0.25) is 5.91 Å². The van der Waals surface area contributed by atoms with E-state index in [-0.39, 0.29) is 18.6 Å². The highest BCUT2D eigenvalue weighted by molar-refractivity contribution is 5.77. The van der Waals surface area contributed by atoms with Gasteiger partial charge >= 0.3 is 0 Å². The minimum Gasteiger partial charge on any atom is -0.382 e. The summed E-state index contributed by atoms with van der Waals surface area (Å²) in [6.45, 7) is 5.37. The van der Waals surface area contributed by atoms with Crippen LogP contribution in [-0.4, -0.2) is 63.9 Å². The molecule has 0 saturated carbocycles. The number of piperidine rings is 1. The van der Waals surface area contributed by atoms with Crippen molar-refractivity contribution in [2.75, 3.05) is 47.1 Å². The topological polar surface area (TPSA) is 50.8 Å². The van der Waals surface area contributed by atoms with Gasteiger partial charge in [-0.3, -0.25) is 4.79 Å². The number of likely N-dealkylation sites (tertiary alicyclic amines) is 1. The zero-order valence-electron chi connectivity index (χ0n) is 11.1. The third kappa shape index (κ3) is 5.48. The Labute approximate surface area is 103 Å². The van der Waals surface area contributed by atoms with Crippen LogP contribution in [-0.2, 0) is 14.3 Å². The molecule has 17 heavy (non-hydrogen) atoms. The van der Waals surface area contributed by atoms with Crippen molar-refractivity contribution in [1.29, 1.82) is 0 Å². The molecule has 2 unspecified atom stereocenters. The highest BCUT2D eigenvalue weighted by Crippen LogP contribution is 2.14. The number of nitrogens with zero attached hydrogens (tertiary/aromatic N) is 1. The fourth-order valence-corrected chi connectivity index (χ4v) is 2.12. The van der Waals surface area contributed by atoms with Crippen LogP contribution >= 0.6 is 0 Å². The molecule has 0 aromatic heterocycles. The van der Waals surface area contributed by atoms with E-state index in [0.717, 1.165) is 19.5 Å². The van der Waals surface area contributed by atoms with Gasteiger partial charge in [-0.1, -0.05) is 6.92 Å². The molecule has 1 heterocycles. The molecule has 1 saturated heterocycles. The van der Waals surface area contributed by atoms with Crippen LogP contribution in [0.3, 0.4) is 0 Å². The average Bonchev–Trinajstić information content (AvgIpc) is 2.28. The lowest BCUT2D eigenvalue weighted by Crippen LogP contribution is -2.49. The summed E-state index contributed by atoms with van der Waals surface area (Å²) in [6.07, 6.45) is 1.02. The zero-order chi connectivity index (χ0) is 12.7. The summed E-state index contributed by atoms with van der Waals surface area (Å²) in [7, 11) is 3.73. The molecule has 1 rings (SSSR count). The van der Waals surface area contributed by atoms with E-state index in [0.29, 0.717) is 19.1 Å². The molecule has 0 aromatic carbocycles. The Hall–Kier alpha value is -0.650. The molecule has 1 amide bonds. The third-order valence-electron chi connectivity index (χ3n) is 3.12. The Balaban J connectivity index is 2.17. The van der Waals surface area contributed by atoms with Crippen molar-refractivity contribution in [3.8, 4) is 0 Å². The average molecular weight is 244 g/mol. The smallest absolute Gasteiger partial charge is 0.246 e. The molecular weight excluding hydrogens is 220 g/mol. The van der Waals surface area contributed by atoms with Gasteiger partial charge in [0.25, 0.3) is 0 Å². The van der Waals surface area contributed by atoms with Gasteiger partial charge in [-0.15, -0.1) is 0 Å². The highest BCUT2D eigenvalue weighted by atomic mass is 16.5. The maximum Gasteiger partial charge on any atom is 0.246 e. The summed E-state index contributed by atoms with van der Waals surface area (Å²) in [4.78, 5) is 13.9. The molecule has 0 aliphatic carbocycles. The van der Waals surface area contributed by atoms with Crippen LogP contribution in [0.4, 0.5) is 0 Å². The van der Waals surface area contributed by atoms with Gasteiger partial charge in [0, 0.05) is 19.7 Å². The van der Waals surface area contributed by atoms with E-state index in [4.69, 9.17) is 9.47 Å². The minimum atomic E-state index is -0.0255. The van der Waals surface area contributed by atoms with E-state index in [1.807, 2.05) is 0 Å². The predicted octanol–water partition coefficient (Wildman–Crippen LogP) is 0.106. The fourth-order valence-electron chi connectivity index (χ4n) is 2.12. The molecule has 1 aliphatic rings. The SMILES string of the molecule is COCCOCC(=O)NC1CCN(C)CC1C. The van der Waals surface area contributed by atoms with Crippen molar-refractivity contribution in [2.24, 2.45) is 5.92 Å². The van der Waals surface area contributed by atoms with Crippen molar-refractivity contribution < 1.29 is 14.3 Å². The largest absolute Gasteiger partial charge is 0.382 e. The van der Waals surface area contributed by atoms with Crippen molar-refractivity contribution >= 4 is 5.91 Å². The first-order valence-electron chi connectivity index (χ1n) is 6.18. The predicted molar refractivity (Wildman–Crippen MR) is 65.9 cm³/mol. The van der Waals surface area contributed by atoms with Gasteiger partial charge in [-0.2, -0.15) is 0 Å². The first-order valence-corrected chi connectivity index (χ1v) is 6.18. The molecule has 5 nitrogen and oxygen atoms in total. The lowest BCUT2D eigenvalue weighted by atomic mass is 9.94. The molecule has 1 aliphatic heterocycles. The summed E-state index contributed by atoms with van der Waals surface area (Å²) in [5.74, 6) is 0.471. The van der Waals surface area contributed by atoms with Crippen LogP contribution in [0, 0.1) is 5.92 Å². The second kappa shape index (κ2) is 7.63. The second-order valence-electron chi connectivity index (χ2n) is 4.75. The van der Waals surface area contributed by atoms with E-state index >= 15 is 0 Å². The van der Waals surface area contributed by atoms with Crippen LogP contribution in [0.5, 0.6) is 0 Å². The maximum atomic E-state index is 11.6. The highest BCUT2D eigenvalue weighted by Gasteiger charge is 2.25. The summed E-state index contributed by atoms with van der Waals surface area (Å²) < 4.78 is 10.0. The van der Waals surface area contributed by atoms with Crippen LogP contribution in [0.15, 0.2) is 0 Å². The molecule has 2 atom stereocenters. The van der Waals surface area contributed by atoms with Crippen LogP contribution in [0.25, 0.3) is 0 Å². The quantitative estimate of drug-likeness (QED) is 0.674. The number of hydrogen-bond acceptors (Lipinski definition) is 4. The Kier molecular flexibility index (Phi) is 6.47. The maximum absolute atomic E-state index is 11.6. The number of nitrogens with one attached hydrogen (secondary N) is 1. The van der Waals surface area contributed by atoms with Gasteiger partial charge in [-0.25, -0.2) is 0 Å². The first kappa shape index (κ1) is 14.4. The molecule has 0 aromatic rings. The summed E-state index contributed by atoms with van der Waals surface area (Å²) in [6, 6.07) is 0.282. The van der Waals surface area contributed by atoms with Gasteiger partial charge in [-0.05, 0) is 25.9 Å². The molecule has 100 valence electrons. The molecule has 5 heteroatoms. The second-order valence-corrected chi connectivity index (χ2v) is 4.75. The lowest BCUT2D eigenvalue weighted by Gasteiger charge is -2.35. The van der Waals surface area contributed by atoms with Gasteiger partial charge in [0.1, 0.15) is 6.61 Å². The first-order chi connectivity index (χ1) is 8.13. The van der Waals surface area contributed by atoms with E-state index in [2.05, 4.69) is 24.2 Å². The lowest BCUT2D eigenvalue weighted by molar-refractivity contribution is -0.127. The normalized spacial score (nSPS) is 25.8. The number of ether oxygens (including phenoxy) is 2. The van der Waals surface area contributed by atoms with Crippen molar-refractivity contribution in [3.05, 3.63) is 0 Å². The third-order valence-corrected chi connectivity index (χ3v) is 3.12. The molecule has 1 N–H and O–H groups in total. The van der Waals surface area contributed by atoms with Crippen molar-refractivity contribution in [1.82, 2.24) is 10.2 Å². The van der Waals surface area contributed by atoms with Crippen LogP contribution in [0.2, 0.25) is 0 Å². The summed E-state index contributed by atoms with van der Waals surface area (Å²) in [5.41, 5.74) is 0. The van der Waals surface area contributed by atoms with Crippen molar-refractivity contribution in [2.45, 2.75) is 19.4 Å². The van der Waals surface area contributed by atoms with Crippen LogP contribution < -0.4 is 5.32 Å². The van der Waals surface area contributed by atoms with Crippen molar-refractivity contribution in [3.63, 3.8) is 0 Å². The Bertz CT molecular complexity index is 236. The standard InChI is InChI=1S/C12H24N2O3/c1-10-8-14(2)5-4-11(10)13-12(15)9-17-7-6-16-3/h10-11H,4-9H2,1-3H3,(H,13,15). The fraction of sp³-hybridized carbons (Fsp3) is 0.917.